The van der Waals surface area contributed by atoms with Gasteiger partial charge in [-0.25, -0.2) is 12.7 Å². The van der Waals surface area contributed by atoms with Crippen molar-refractivity contribution >= 4 is 39.0 Å². The van der Waals surface area contributed by atoms with Crippen LogP contribution in [0.15, 0.2) is 28.1 Å². The number of nitrogens with one attached hydrogen (secondary N) is 1. The second-order valence-corrected chi connectivity index (χ2v) is 10.1. The average Bonchev–Trinajstić information content (AvgIpc) is 3.25. The average molecular weight is 416 g/mol. The highest BCUT2D eigenvalue weighted by atomic mass is 32.2. The fourth-order valence-corrected chi connectivity index (χ4v) is 5.09. The van der Waals surface area contributed by atoms with Crippen molar-refractivity contribution in [2.24, 2.45) is 0 Å². The highest BCUT2D eigenvalue weighted by Crippen LogP contribution is 2.26. The van der Waals surface area contributed by atoms with Crippen LogP contribution in [0.1, 0.15) is 18.5 Å². The normalized spacial score (nSPS) is 18.7. The first-order valence-corrected chi connectivity index (χ1v) is 12.1. The summed E-state index contributed by atoms with van der Waals surface area (Å²) in [6.45, 7) is 0.876. The summed E-state index contributed by atoms with van der Waals surface area (Å²) in [6, 6.07) is 5.70. The molecule has 1 amide bonds. The fraction of sp³-hybridized carbons (Fsp3) is 0.500. The summed E-state index contributed by atoms with van der Waals surface area (Å²) < 4.78 is 30.0. The van der Waals surface area contributed by atoms with Gasteiger partial charge in [-0.3, -0.25) is 4.79 Å². The minimum Gasteiger partial charge on any atom is -0.355 e. The number of hydrogen-bond acceptors (Lipinski definition) is 7. The van der Waals surface area contributed by atoms with E-state index in [1.165, 1.54) is 22.3 Å². The Morgan fingerprint density at radius 1 is 1.54 bits per heavy atom. The number of thiophene rings is 1. The lowest BCUT2D eigenvalue weighted by atomic mass is 10.1. The van der Waals surface area contributed by atoms with Crippen LogP contribution in [0, 0.1) is 0 Å². The molecule has 10 heteroatoms. The molecule has 26 heavy (non-hydrogen) atoms. The number of amides is 1. The quantitative estimate of drug-likeness (QED) is 0.745. The Hall–Kier alpha value is -1.36. The lowest BCUT2D eigenvalue weighted by molar-refractivity contribution is -0.119. The van der Waals surface area contributed by atoms with Crippen molar-refractivity contribution in [3.05, 3.63) is 29.3 Å². The maximum absolute atomic E-state index is 12.1. The van der Waals surface area contributed by atoms with E-state index < -0.39 is 10.0 Å². The van der Waals surface area contributed by atoms with Gasteiger partial charge in [-0.1, -0.05) is 11.2 Å². The summed E-state index contributed by atoms with van der Waals surface area (Å²) in [5.74, 6) is 1.54. The van der Waals surface area contributed by atoms with Gasteiger partial charge in [-0.15, -0.1) is 23.1 Å². The van der Waals surface area contributed by atoms with Crippen molar-refractivity contribution in [1.29, 1.82) is 0 Å². The molecule has 1 N–H and O–H groups in total. The van der Waals surface area contributed by atoms with Gasteiger partial charge < -0.3 is 9.84 Å². The molecule has 2 aromatic rings. The molecule has 1 aliphatic rings. The van der Waals surface area contributed by atoms with Gasteiger partial charge in [0.2, 0.25) is 15.9 Å². The highest BCUT2D eigenvalue weighted by molar-refractivity contribution is 7.99. The van der Waals surface area contributed by atoms with Gasteiger partial charge in [0.25, 0.3) is 0 Å². The lowest BCUT2D eigenvalue weighted by Crippen LogP contribution is -2.49. The fourth-order valence-electron chi connectivity index (χ4n) is 2.79. The number of thioether (sulfide) groups is 1. The Labute approximate surface area is 161 Å². The standard InChI is InChI=1S/C16H21N3O4S3/c1-26(21,22)19-6-2-4-12(9-19)17-16(20)11-24-10-13-8-14(23-18-13)15-5-3-7-25-15/h3,5,7-8,12H,2,4,6,9-11H2,1H3,(H,17,20)/t12-/m1/s1. The number of carbonyl (C=O) groups excluding carboxylic acids is 1. The van der Waals surface area contributed by atoms with Crippen molar-refractivity contribution in [3.8, 4) is 10.6 Å². The van der Waals surface area contributed by atoms with Crippen LogP contribution in [0.2, 0.25) is 0 Å². The Kier molecular flexibility index (Phi) is 6.38. The van der Waals surface area contributed by atoms with Gasteiger partial charge in [0.15, 0.2) is 5.76 Å². The van der Waals surface area contributed by atoms with E-state index in [4.69, 9.17) is 4.52 Å². The summed E-state index contributed by atoms with van der Waals surface area (Å²) in [7, 11) is -3.20. The smallest absolute Gasteiger partial charge is 0.230 e. The molecular formula is C16H21N3O4S3. The third-order valence-electron chi connectivity index (χ3n) is 4.02. The minimum absolute atomic E-state index is 0.0858. The van der Waals surface area contributed by atoms with Crippen LogP contribution < -0.4 is 5.32 Å². The SMILES string of the molecule is CS(=O)(=O)N1CCC[C@@H](NC(=O)CSCc2cc(-c3cccs3)on2)C1. The highest BCUT2D eigenvalue weighted by Gasteiger charge is 2.26. The molecule has 3 heterocycles. The van der Waals surface area contributed by atoms with Crippen LogP contribution in [0.4, 0.5) is 0 Å². The first-order chi connectivity index (χ1) is 12.4. The van der Waals surface area contributed by atoms with E-state index in [0.29, 0.717) is 24.6 Å². The van der Waals surface area contributed by atoms with Crippen molar-refractivity contribution in [3.63, 3.8) is 0 Å². The number of nitrogens with zero attached hydrogens (tertiary/aromatic N) is 2. The molecule has 1 fully saturated rings. The number of sulfonamides is 1. The third-order valence-corrected chi connectivity index (χ3v) is 7.14. The van der Waals surface area contributed by atoms with Crippen LogP contribution in [-0.4, -0.2) is 54.9 Å². The Morgan fingerprint density at radius 3 is 3.12 bits per heavy atom. The molecule has 0 saturated carbocycles. The van der Waals surface area contributed by atoms with Crippen LogP contribution in [0.25, 0.3) is 10.6 Å². The number of rotatable bonds is 7. The molecule has 7 nitrogen and oxygen atoms in total. The Bertz CT molecular complexity index is 833. The first-order valence-electron chi connectivity index (χ1n) is 8.23. The molecule has 2 aromatic heterocycles. The first kappa shape index (κ1) is 19.4. The van der Waals surface area contributed by atoms with Crippen molar-refractivity contribution < 1.29 is 17.7 Å². The molecule has 0 spiro atoms. The summed E-state index contributed by atoms with van der Waals surface area (Å²) in [5.41, 5.74) is 0.798. The molecule has 3 rings (SSSR count). The molecule has 0 aromatic carbocycles. The largest absolute Gasteiger partial charge is 0.355 e. The second-order valence-electron chi connectivity index (χ2n) is 6.18. The van der Waals surface area contributed by atoms with Crippen molar-refractivity contribution in [2.45, 2.75) is 24.6 Å². The van der Waals surface area contributed by atoms with E-state index in [1.54, 1.807) is 11.3 Å². The van der Waals surface area contributed by atoms with E-state index in [0.717, 1.165) is 29.2 Å². The predicted molar refractivity (Wildman–Crippen MR) is 104 cm³/mol. The zero-order chi connectivity index (χ0) is 18.6. The van der Waals surface area contributed by atoms with E-state index in [2.05, 4.69) is 10.5 Å². The molecule has 1 atom stereocenters. The summed E-state index contributed by atoms with van der Waals surface area (Å²) in [5, 5.41) is 8.93. The number of carbonyl (C=O) groups is 1. The number of piperidine rings is 1. The van der Waals surface area contributed by atoms with Crippen LogP contribution >= 0.6 is 23.1 Å². The molecule has 1 saturated heterocycles. The third kappa shape index (κ3) is 5.32. The topological polar surface area (TPSA) is 92.5 Å². The molecule has 0 radical (unpaired) electrons. The van der Waals surface area contributed by atoms with Crippen LogP contribution in [-0.2, 0) is 20.6 Å². The monoisotopic (exact) mass is 415 g/mol. The van der Waals surface area contributed by atoms with Gasteiger partial charge in [-0.05, 0) is 24.3 Å². The van der Waals surface area contributed by atoms with E-state index in [1.807, 2.05) is 23.6 Å². The van der Waals surface area contributed by atoms with Gasteiger partial charge >= 0.3 is 0 Å². The number of aromatic nitrogens is 1. The van der Waals surface area contributed by atoms with E-state index >= 15 is 0 Å². The molecule has 0 aliphatic carbocycles. The molecule has 142 valence electrons. The van der Waals surface area contributed by atoms with E-state index in [-0.39, 0.29) is 11.9 Å². The maximum atomic E-state index is 12.1. The summed E-state index contributed by atoms with van der Waals surface area (Å²) in [4.78, 5) is 13.1. The summed E-state index contributed by atoms with van der Waals surface area (Å²) >= 11 is 3.04. The Balaban J connectivity index is 1.42. The summed E-state index contributed by atoms with van der Waals surface area (Å²) in [6.07, 6.45) is 2.76. The van der Waals surface area contributed by atoms with Crippen molar-refractivity contribution in [2.75, 3.05) is 25.1 Å². The van der Waals surface area contributed by atoms with Crippen LogP contribution in [0.5, 0.6) is 0 Å². The predicted octanol–water partition coefficient (Wildman–Crippen LogP) is 2.18. The second kappa shape index (κ2) is 8.55. The van der Waals surface area contributed by atoms with Gasteiger partial charge in [0.1, 0.15) is 0 Å². The van der Waals surface area contributed by atoms with E-state index in [9.17, 15) is 13.2 Å². The number of hydrogen-bond donors (Lipinski definition) is 1. The lowest BCUT2D eigenvalue weighted by Gasteiger charge is -2.31. The molecule has 0 bridgehead atoms. The van der Waals surface area contributed by atoms with Gasteiger partial charge in [0.05, 0.1) is 22.6 Å². The molecular weight excluding hydrogens is 394 g/mol. The maximum Gasteiger partial charge on any atom is 0.230 e. The minimum atomic E-state index is -3.20. The van der Waals surface area contributed by atoms with Gasteiger partial charge in [0, 0.05) is 31.0 Å². The molecule has 0 unspecified atom stereocenters. The van der Waals surface area contributed by atoms with Gasteiger partial charge in [-0.2, -0.15) is 0 Å². The molecule has 1 aliphatic heterocycles. The zero-order valence-corrected chi connectivity index (χ0v) is 16.8. The Morgan fingerprint density at radius 2 is 2.38 bits per heavy atom. The van der Waals surface area contributed by atoms with Crippen LogP contribution in [0.3, 0.4) is 0 Å². The van der Waals surface area contributed by atoms with Crippen molar-refractivity contribution in [1.82, 2.24) is 14.8 Å². The zero-order valence-electron chi connectivity index (χ0n) is 14.4.